The third-order valence-electron chi connectivity index (χ3n) is 5.40. The van der Waals surface area contributed by atoms with Crippen molar-refractivity contribution in [2.45, 2.75) is 63.4 Å². The molecule has 1 saturated heterocycles. The first-order chi connectivity index (χ1) is 17.8. The van der Waals surface area contributed by atoms with E-state index in [4.69, 9.17) is 36.1 Å². The average molecular weight is 581 g/mol. The molecule has 0 radical (unpaired) electrons. The molecule has 210 valence electrons. The number of hydrogen-bond donors (Lipinski definition) is 3. The van der Waals surface area contributed by atoms with Crippen LogP contribution in [0.5, 0.6) is 5.75 Å². The van der Waals surface area contributed by atoms with E-state index in [9.17, 15) is 23.5 Å². The van der Waals surface area contributed by atoms with E-state index in [1.165, 1.54) is 19.1 Å². The molecule has 16 heteroatoms. The van der Waals surface area contributed by atoms with Gasteiger partial charge in [0.25, 0.3) is 6.43 Å². The summed E-state index contributed by atoms with van der Waals surface area (Å²) in [5.74, 6) is -0.708. The smallest absolute Gasteiger partial charge is 0.351 e. The molecule has 0 amide bonds. The van der Waals surface area contributed by atoms with Crippen LogP contribution < -0.4 is 21.0 Å². The second-order valence-corrected chi connectivity index (χ2v) is 11.8. The lowest BCUT2D eigenvalue weighted by atomic mass is 9.97. The zero-order valence-corrected chi connectivity index (χ0v) is 22.3. The van der Waals surface area contributed by atoms with Gasteiger partial charge in [-0.05, 0) is 50.8 Å². The number of ether oxygens (including phenoxy) is 2. The van der Waals surface area contributed by atoms with Crippen LogP contribution in [0.2, 0.25) is 0 Å². The number of para-hydroxylation sites is 1. The molecule has 1 aromatic heterocycles. The first-order valence-electron chi connectivity index (χ1n) is 11.4. The number of aliphatic hydroxyl groups excluding tert-OH is 1. The Labute approximate surface area is 221 Å². The Morgan fingerprint density at radius 3 is 2.55 bits per heavy atom. The molecule has 2 heterocycles. The molecule has 0 bridgehead atoms. The Hall–Kier alpha value is -2.55. The summed E-state index contributed by atoms with van der Waals surface area (Å²) in [7, 11) is 0. The van der Waals surface area contributed by atoms with Crippen LogP contribution in [0.3, 0.4) is 0 Å². The maximum atomic E-state index is 15.1. The molecule has 0 aliphatic carbocycles. The first kappa shape index (κ1) is 30.0. The number of carbonyl (C=O) groups is 1. The Kier molecular flexibility index (Phi) is 9.55. The lowest BCUT2D eigenvalue weighted by Gasteiger charge is -2.34. The van der Waals surface area contributed by atoms with E-state index in [1.807, 2.05) is 0 Å². The SMILES string of the molecule is CC(C)OC(=O)C(C)NP(=S)(OCC1(C(F)F)OC(n2ccc(N)nc2=O)C(F)C1O)Oc1ccccc1. The molecule has 1 aliphatic heterocycles. The second kappa shape index (κ2) is 12.1. The van der Waals surface area contributed by atoms with Gasteiger partial charge in [-0.2, -0.15) is 4.98 Å². The highest BCUT2D eigenvalue weighted by molar-refractivity contribution is 8.09. The van der Waals surface area contributed by atoms with Gasteiger partial charge in [-0.25, -0.2) is 23.1 Å². The number of benzene rings is 1. The lowest BCUT2D eigenvalue weighted by molar-refractivity contribution is -0.192. The second-order valence-electron chi connectivity index (χ2n) is 8.71. The number of nitrogens with zero attached hydrogens (tertiary/aromatic N) is 2. The molecule has 38 heavy (non-hydrogen) atoms. The van der Waals surface area contributed by atoms with E-state index in [-0.39, 0.29) is 11.6 Å². The molecule has 2 aromatic rings. The summed E-state index contributed by atoms with van der Waals surface area (Å²) in [6.45, 7) is -0.338. The molecule has 0 saturated carbocycles. The Morgan fingerprint density at radius 2 is 1.97 bits per heavy atom. The van der Waals surface area contributed by atoms with Crippen molar-refractivity contribution >= 4 is 30.2 Å². The molecular weight excluding hydrogens is 552 g/mol. The molecule has 0 spiro atoms. The molecule has 11 nitrogen and oxygen atoms in total. The van der Waals surface area contributed by atoms with Gasteiger partial charge < -0.3 is 29.4 Å². The summed E-state index contributed by atoms with van der Waals surface area (Å²) in [5, 5.41) is 13.2. The summed E-state index contributed by atoms with van der Waals surface area (Å²) in [5.41, 5.74) is 1.39. The number of aromatic nitrogens is 2. The van der Waals surface area contributed by atoms with Crippen LogP contribution in [0.4, 0.5) is 19.0 Å². The maximum absolute atomic E-state index is 15.1. The van der Waals surface area contributed by atoms with Crippen molar-refractivity contribution in [3.63, 3.8) is 0 Å². The van der Waals surface area contributed by atoms with Gasteiger partial charge in [0.2, 0.25) is 0 Å². The topological polar surface area (TPSA) is 147 Å². The Bertz CT molecular complexity index is 1220. The van der Waals surface area contributed by atoms with Gasteiger partial charge in [0.1, 0.15) is 23.7 Å². The van der Waals surface area contributed by atoms with Crippen LogP contribution in [0.15, 0.2) is 47.4 Å². The summed E-state index contributed by atoms with van der Waals surface area (Å²) in [6.07, 6.45) is -9.83. The van der Waals surface area contributed by atoms with Crippen molar-refractivity contribution in [3.8, 4) is 5.75 Å². The summed E-state index contributed by atoms with van der Waals surface area (Å²) < 4.78 is 66.2. The minimum Gasteiger partial charge on any atom is -0.462 e. The van der Waals surface area contributed by atoms with Gasteiger partial charge >= 0.3 is 18.3 Å². The van der Waals surface area contributed by atoms with Gasteiger partial charge in [0.15, 0.2) is 18.0 Å². The number of alkyl halides is 3. The molecule has 1 fully saturated rings. The first-order valence-corrected chi connectivity index (χ1v) is 14.0. The fraction of sp³-hybridized carbons (Fsp3) is 0.500. The normalized spacial score (nSPS) is 25.8. The van der Waals surface area contributed by atoms with Gasteiger partial charge in [0, 0.05) is 6.20 Å². The summed E-state index contributed by atoms with van der Waals surface area (Å²) in [6, 6.07) is 8.00. The van der Waals surface area contributed by atoms with Crippen molar-refractivity contribution < 1.29 is 41.6 Å². The number of rotatable bonds is 11. The Morgan fingerprint density at radius 1 is 1.32 bits per heavy atom. The lowest BCUT2D eigenvalue weighted by Crippen LogP contribution is -2.52. The fourth-order valence-electron chi connectivity index (χ4n) is 3.50. The zero-order chi connectivity index (χ0) is 28.3. The largest absolute Gasteiger partial charge is 0.462 e. The molecule has 6 atom stereocenters. The van der Waals surface area contributed by atoms with Crippen LogP contribution in [0.1, 0.15) is 27.0 Å². The van der Waals surface area contributed by atoms with Gasteiger partial charge in [-0.3, -0.25) is 9.36 Å². The minimum absolute atomic E-state index is 0.182. The van der Waals surface area contributed by atoms with Gasteiger partial charge in [-0.1, -0.05) is 18.2 Å². The van der Waals surface area contributed by atoms with Crippen molar-refractivity contribution in [3.05, 3.63) is 53.1 Å². The molecule has 4 N–H and O–H groups in total. The molecule has 1 aromatic carbocycles. The third kappa shape index (κ3) is 6.71. The number of anilines is 1. The van der Waals surface area contributed by atoms with Crippen molar-refractivity contribution in [1.82, 2.24) is 14.6 Å². The van der Waals surface area contributed by atoms with Crippen LogP contribution in [0.25, 0.3) is 0 Å². The van der Waals surface area contributed by atoms with Crippen molar-refractivity contribution in [1.29, 1.82) is 0 Å². The maximum Gasteiger partial charge on any atom is 0.351 e. The number of nitrogen functional groups attached to an aromatic ring is 1. The minimum atomic E-state index is -3.85. The fourth-order valence-corrected chi connectivity index (χ4v) is 5.92. The highest BCUT2D eigenvalue weighted by atomic mass is 32.5. The zero-order valence-electron chi connectivity index (χ0n) is 20.6. The molecule has 3 rings (SSSR count). The summed E-state index contributed by atoms with van der Waals surface area (Å²) in [4.78, 5) is 28.0. The number of nitrogens with one attached hydrogen (secondary N) is 1. The monoisotopic (exact) mass is 580 g/mol. The Balaban J connectivity index is 1.90. The quantitative estimate of drug-likeness (QED) is 0.266. The van der Waals surface area contributed by atoms with Crippen LogP contribution >= 0.6 is 6.64 Å². The number of hydrogen-bond acceptors (Lipinski definition) is 10. The van der Waals surface area contributed by atoms with E-state index in [2.05, 4.69) is 10.1 Å². The van der Waals surface area contributed by atoms with Gasteiger partial charge in [0.05, 0.1) is 12.7 Å². The highest BCUT2D eigenvalue weighted by Gasteiger charge is 2.62. The molecule has 1 aliphatic rings. The van der Waals surface area contributed by atoms with Crippen LogP contribution in [-0.2, 0) is 30.6 Å². The van der Waals surface area contributed by atoms with E-state index >= 15 is 4.39 Å². The summed E-state index contributed by atoms with van der Waals surface area (Å²) >= 11 is 5.48. The van der Waals surface area contributed by atoms with Gasteiger partial charge in [-0.15, -0.1) is 0 Å². The van der Waals surface area contributed by atoms with E-state index in [0.717, 1.165) is 12.3 Å². The predicted octanol–water partition coefficient (Wildman–Crippen LogP) is 2.31. The van der Waals surface area contributed by atoms with Crippen LogP contribution in [-0.4, -0.2) is 63.7 Å². The van der Waals surface area contributed by atoms with Crippen LogP contribution in [0, 0.1) is 0 Å². The van der Waals surface area contributed by atoms with Crippen molar-refractivity contribution in [2.75, 3.05) is 12.3 Å². The molecular formula is C22H28F3N4O7PS. The number of aliphatic hydroxyl groups is 1. The number of nitrogens with two attached hydrogens (primary N) is 1. The predicted molar refractivity (Wildman–Crippen MR) is 134 cm³/mol. The number of carbonyl (C=O) groups excluding carboxylic acids is 1. The van der Waals surface area contributed by atoms with E-state index in [1.54, 1.807) is 32.0 Å². The number of esters is 1. The van der Waals surface area contributed by atoms with E-state index < -0.39 is 67.6 Å². The number of halogens is 3. The average Bonchev–Trinajstić information content (AvgIpc) is 3.09. The molecule has 6 unspecified atom stereocenters. The standard InChI is InChI=1S/C22H28F3N4O7PS/c1-12(2)34-19(31)13(3)28-37(38,36-14-7-5-4-6-8-14)33-11-22(20(24)25)17(30)16(23)18(35-22)29-10-9-15(26)27-21(29)32/h4-10,12-13,16-18,20,30H,11H2,1-3H3,(H,28,38)(H2,26,27,32). The third-order valence-corrected chi connectivity index (χ3v) is 7.88. The van der Waals surface area contributed by atoms with Crippen molar-refractivity contribution in [2.24, 2.45) is 0 Å². The van der Waals surface area contributed by atoms with E-state index in [0.29, 0.717) is 4.57 Å². The highest BCUT2D eigenvalue weighted by Crippen LogP contribution is 2.49.